The largest absolute Gasteiger partial charge is 0.290 e. The average molecular weight is 422 g/mol. The summed E-state index contributed by atoms with van der Waals surface area (Å²) in [6.45, 7) is 5.90. The Morgan fingerprint density at radius 2 is 2.18 bits per heavy atom. The first-order valence-electron chi connectivity index (χ1n) is 6.89. The van der Waals surface area contributed by atoms with Crippen molar-refractivity contribution in [1.82, 2.24) is 4.57 Å². The first-order chi connectivity index (χ1) is 10.6. The number of nitrogens with zero attached hydrogens (tertiary/aromatic N) is 3. The molecule has 0 unspecified atom stereocenters. The van der Waals surface area contributed by atoms with Gasteiger partial charge in [-0.1, -0.05) is 34.7 Å². The van der Waals surface area contributed by atoms with Gasteiger partial charge in [0.05, 0.1) is 24.4 Å². The van der Waals surface area contributed by atoms with E-state index in [-0.39, 0.29) is 0 Å². The van der Waals surface area contributed by atoms with E-state index in [0.29, 0.717) is 0 Å². The van der Waals surface area contributed by atoms with E-state index in [2.05, 4.69) is 95.1 Å². The number of hydrogen-bond donors (Lipinski definition) is 0. The highest BCUT2D eigenvalue weighted by Crippen LogP contribution is 2.43. The molecule has 5 heteroatoms. The van der Waals surface area contributed by atoms with E-state index < -0.39 is 0 Å². The summed E-state index contributed by atoms with van der Waals surface area (Å²) in [5, 5.41) is 2.22. The molecule has 0 amide bonds. The molecular weight excluding hydrogens is 405 g/mol. The minimum Gasteiger partial charge on any atom is -0.253 e. The van der Waals surface area contributed by atoms with Gasteiger partial charge in [0.1, 0.15) is 17.4 Å². The lowest BCUT2D eigenvalue weighted by molar-refractivity contribution is -0.659. The molecule has 3 rings (SSSR count). The van der Waals surface area contributed by atoms with E-state index in [1.165, 1.54) is 27.0 Å². The van der Waals surface area contributed by atoms with Crippen molar-refractivity contribution in [3.05, 3.63) is 39.7 Å². The molecule has 22 heavy (non-hydrogen) atoms. The Bertz CT molecular complexity index is 883. The van der Waals surface area contributed by atoms with Crippen LogP contribution in [0, 0.1) is 6.92 Å². The molecule has 0 radical (unpaired) electrons. The second-order valence-electron chi connectivity index (χ2n) is 5.25. The molecule has 0 saturated heterocycles. The third kappa shape index (κ3) is 2.32. The Balaban J connectivity index is 2.45. The van der Waals surface area contributed by atoms with E-state index in [4.69, 9.17) is 0 Å². The number of aromatic nitrogens is 2. The fourth-order valence-corrected chi connectivity index (χ4v) is 4.38. The van der Waals surface area contributed by atoms with Crippen molar-refractivity contribution in [2.45, 2.75) is 6.92 Å². The number of aryl methyl sites for hydroxylation is 3. The molecule has 0 fully saturated rings. The highest BCUT2D eigenvalue weighted by atomic mass is 127. The number of benzene rings is 1. The summed E-state index contributed by atoms with van der Waals surface area (Å²) in [6.07, 6.45) is 6.27. The number of imidazole rings is 1. The van der Waals surface area contributed by atoms with E-state index in [1.54, 1.807) is 11.3 Å². The molecule has 0 aliphatic rings. The number of rotatable bonds is 3. The topological polar surface area (TPSA) is 21.2 Å². The van der Waals surface area contributed by atoms with Crippen LogP contribution in [0.4, 0.5) is 5.00 Å². The summed E-state index contributed by atoms with van der Waals surface area (Å²) < 4.78 is 7.62. The van der Waals surface area contributed by atoms with Gasteiger partial charge in [-0.25, -0.2) is 9.13 Å². The van der Waals surface area contributed by atoms with E-state index >= 15 is 0 Å². The van der Waals surface area contributed by atoms with E-state index in [1.807, 2.05) is 4.08 Å². The van der Waals surface area contributed by atoms with Crippen LogP contribution in [-0.2, 0) is 14.1 Å². The third-order valence-electron chi connectivity index (χ3n) is 3.86. The molecular formula is C17H17IN3S+. The molecule has 0 atom stereocenters. The molecule has 3 nitrogen and oxygen atoms in total. The molecule has 0 aliphatic carbocycles. The summed E-state index contributed by atoms with van der Waals surface area (Å²) in [4.78, 5) is 4.22. The zero-order valence-electron chi connectivity index (χ0n) is 12.8. The van der Waals surface area contributed by atoms with Gasteiger partial charge in [0.15, 0.2) is 0 Å². The van der Waals surface area contributed by atoms with Crippen LogP contribution in [0.3, 0.4) is 0 Å². The highest BCUT2D eigenvalue weighted by molar-refractivity contribution is 14.1. The Morgan fingerprint density at radius 1 is 1.41 bits per heavy atom. The summed E-state index contributed by atoms with van der Waals surface area (Å²) >= 11 is 3.95. The summed E-state index contributed by atoms with van der Waals surface area (Å²) in [6, 6.07) is 4.38. The van der Waals surface area contributed by atoms with Gasteiger partial charge in [0.2, 0.25) is 0 Å². The molecule has 0 aliphatic heterocycles. The lowest BCUT2D eigenvalue weighted by Crippen LogP contribution is -2.29. The molecule has 2 aromatic heterocycles. The van der Waals surface area contributed by atoms with Gasteiger partial charge in [0, 0.05) is 10.9 Å². The van der Waals surface area contributed by atoms with Crippen molar-refractivity contribution in [3.63, 3.8) is 0 Å². The molecule has 1 aromatic carbocycles. The van der Waals surface area contributed by atoms with Gasteiger partial charge in [0.25, 0.3) is 5.82 Å². The van der Waals surface area contributed by atoms with Crippen LogP contribution in [0.25, 0.3) is 27.6 Å². The second kappa shape index (κ2) is 5.96. The first-order valence-corrected chi connectivity index (χ1v) is 8.95. The molecule has 0 bridgehead atoms. The smallest absolute Gasteiger partial charge is 0.253 e. The predicted octanol–water partition coefficient (Wildman–Crippen LogP) is 4.78. The molecule has 112 valence electrons. The second-order valence-corrected chi connectivity index (χ2v) is 6.97. The van der Waals surface area contributed by atoms with E-state index in [0.717, 1.165) is 10.6 Å². The number of aliphatic imine (C=N–C) groups is 1. The van der Waals surface area contributed by atoms with Crippen molar-refractivity contribution < 1.29 is 4.57 Å². The molecule has 0 spiro atoms. The van der Waals surface area contributed by atoms with Crippen LogP contribution < -0.4 is 4.57 Å². The fourth-order valence-electron chi connectivity index (χ4n) is 2.83. The fraction of sp³-hybridized carbons (Fsp3) is 0.176. The number of hydrogen-bond acceptors (Lipinski definition) is 2. The molecule has 2 heterocycles. The first kappa shape index (κ1) is 15.4. The minimum atomic E-state index is 0.978. The van der Waals surface area contributed by atoms with Gasteiger partial charge < -0.3 is 0 Å². The van der Waals surface area contributed by atoms with Gasteiger partial charge in [-0.15, -0.1) is 11.3 Å². The summed E-state index contributed by atoms with van der Waals surface area (Å²) in [5.41, 5.74) is 3.70. The SMILES string of the molecule is C=Nc1sc2c(-c3n(C)cc[n+]3C)c(C)ccc2c1/C=C\I. The van der Waals surface area contributed by atoms with Gasteiger partial charge in [-0.05, 0) is 29.4 Å². The highest BCUT2D eigenvalue weighted by Gasteiger charge is 2.22. The number of halogens is 1. The Morgan fingerprint density at radius 3 is 2.77 bits per heavy atom. The molecule has 0 saturated carbocycles. The van der Waals surface area contributed by atoms with Crippen molar-refractivity contribution >= 4 is 61.8 Å². The quantitative estimate of drug-likeness (QED) is 0.329. The zero-order valence-corrected chi connectivity index (χ0v) is 15.8. The van der Waals surface area contributed by atoms with Gasteiger partial charge in [-0.3, -0.25) is 4.99 Å². The standard InChI is InChI=1S/C17H17IN3S/c1-11-5-6-12-13(7-8-18)16(19-2)22-15(12)14(11)17-20(3)9-10-21(17)4/h5-10H,2H2,1,3-4H3/q+1/b8-7-. The predicted molar refractivity (Wildman–Crippen MR) is 104 cm³/mol. The Kier molecular flexibility index (Phi) is 4.18. The Hall–Kier alpha value is -1.47. The number of thiophene rings is 1. The maximum Gasteiger partial charge on any atom is 0.290 e. The lowest BCUT2D eigenvalue weighted by atomic mass is 10.0. The van der Waals surface area contributed by atoms with Crippen molar-refractivity contribution in [1.29, 1.82) is 0 Å². The minimum absolute atomic E-state index is 0.978. The van der Waals surface area contributed by atoms with Crippen LogP contribution in [0.2, 0.25) is 0 Å². The lowest BCUT2D eigenvalue weighted by Gasteiger charge is -2.05. The van der Waals surface area contributed by atoms with Crippen LogP contribution in [0.1, 0.15) is 11.1 Å². The third-order valence-corrected chi connectivity index (χ3v) is 5.39. The number of fused-ring (bicyclic) bond motifs is 1. The van der Waals surface area contributed by atoms with Crippen LogP contribution in [-0.4, -0.2) is 11.3 Å². The van der Waals surface area contributed by atoms with Crippen LogP contribution in [0.5, 0.6) is 0 Å². The average Bonchev–Trinajstić information content (AvgIpc) is 3.01. The van der Waals surface area contributed by atoms with Gasteiger partial charge in [-0.2, -0.15) is 0 Å². The van der Waals surface area contributed by atoms with Crippen molar-refractivity contribution in [3.8, 4) is 11.4 Å². The summed E-state index contributed by atoms with van der Waals surface area (Å²) in [5.74, 6) is 1.20. The molecule has 0 N–H and O–H groups in total. The zero-order chi connectivity index (χ0) is 15.9. The monoisotopic (exact) mass is 422 g/mol. The Labute approximate surface area is 147 Å². The van der Waals surface area contributed by atoms with E-state index in [9.17, 15) is 0 Å². The summed E-state index contributed by atoms with van der Waals surface area (Å²) in [7, 11) is 4.17. The maximum atomic E-state index is 4.22. The van der Waals surface area contributed by atoms with Gasteiger partial charge >= 0.3 is 0 Å². The normalized spacial score (nSPS) is 11.6. The van der Waals surface area contributed by atoms with Crippen molar-refractivity contribution in [2.24, 2.45) is 19.1 Å². The molecule has 3 aromatic rings. The van der Waals surface area contributed by atoms with Crippen molar-refractivity contribution in [2.75, 3.05) is 0 Å². The van der Waals surface area contributed by atoms with Crippen LogP contribution in [0.15, 0.2) is 33.6 Å². The maximum absolute atomic E-state index is 4.22. The van der Waals surface area contributed by atoms with Crippen LogP contribution >= 0.6 is 33.9 Å².